The minimum Gasteiger partial charge on any atom is -0.316 e. The van der Waals surface area contributed by atoms with Crippen LogP contribution in [0.4, 0.5) is 0 Å². The minimum absolute atomic E-state index is 0.800. The van der Waals surface area contributed by atoms with Gasteiger partial charge in [0, 0.05) is 37.7 Å². The summed E-state index contributed by atoms with van der Waals surface area (Å²) in [4.78, 5) is 11.2. The lowest BCUT2D eigenvalue weighted by molar-refractivity contribution is 0.190. The Balaban J connectivity index is 1.58. The Morgan fingerprint density at radius 2 is 2.22 bits per heavy atom. The number of aromatic nitrogens is 2. The molecule has 18 heavy (non-hydrogen) atoms. The van der Waals surface area contributed by atoms with Crippen molar-refractivity contribution in [3.63, 3.8) is 0 Å². The lowest BCUT2D eigenvalue weighted by Crippen LogP contribution is -2.39. The van der Waals surface area contributed by atoms with Gasteiger partial charge < -0.3 is 5.32 Å². The van der Waals surface area contributed by atoms with Crippen LogP contribution in [0.3, 0.4) is 0 Å². The molecule has 2 aliphatic rings. The second-order valence-corrected chi connectivity index (χ2v) is 5.57. The lowest BCUT2D eigenvalue weighted by Gasteiger charge is -2.30. The number of nitrogens with one attached hydrogen (secondary N) is 1. The molecule has 0 spiro atoms. The molecule has 1 aromatic heterocycles. The molecule has 2 heterocycles. The molecule has 0 bridgehead atoms. The van der Waals surface area contributed by atoms with Gasteiger partial charge in [0.1, 0.15) is 0 Å². The van der Waals surface area contributed by atoms with Crippen LogP contribution in [0.25, 0.3) is 0 Å². The summed E-state index contributed by atoms with van der Waals surface area (Å²) in [6.45, 7) is 4.57. The van der Waals surface area contributed by atoms with Crippen LogP contribution < -0.4 is 5.32 Å². The number of rotatable bonds is 5. The quantitative estimate of drug-likeness (QED) is 0.853. The maximum atomic E-state index is 4.40. The van der Waals surface area contributed by atoms with Gasteiger partial charge in [-0.15, -0.1) is 0 Å². The maximum Gasteiger partial charge on any atom is 0.0726 e. The van der Waals surface area contributed by atoms with E-state index in [0.29, 0.717) is 0 Å². The molecule has 0 amide bonds. The topological polar surface area (TPSA) is 41.1 Å². The van der Waals surface area contributed by atoms with E-state index < -0.39 is 0 Å². The zero-order chi connectivity index (χ0) is 12.2. The van der Waals surface area contributed by atoms with E-state index in [0.717, 1.165) is 24.2 Å². The van der Waals surface area contributed by atoms with E-state index >= 15 is 0 Å². The Hall–Kier alpha value is -1.00. The van der Waals surface area contributed by atoms with Gasteiger partial charge in [-0.25, -0.2) is 0 Å². The fourth-order valence-electron chi connectivity index (χ4n) is 2.81. The molecule has 4 heteroatoms. The van der Waals surface area contributed by atoms with E-state index in [1.165, 1.54) is 45.3 Å². The standard InChI is InChI=1S/C14H22N4/c1-2-12(8-15-5-1)10-18(14-3-4-14)11-13-9-16-6-7-17-13/h6-7,9,12,14-15H,1-5,8,10-11H2. The highest BCUT2D eigenvalue weighted by Crippen LogP contribution is 2.29. The van der Waals surface area contributed by atoms with Crippen LogP contribution in [-0.4, -0.2) is 40.5 Å². The first-order chi connectivity index (χ1) is 8.92. The van der Waals surface area contributed by atoms with Gasteiger partial charge in [0.2, 0.25) is 0 Å². The number of piperidine rings is 1. The fraction of sp³-hybridized carbons (Fsp3) is 0.714. The predicted octanol–water partition coefficient (Wildman–Crippen LogP) is 1.44. The molecule has 1 atom stereocenters. The summed E-state index contributed by atoms with van der Waals surface area (Å²) in [6, 6.07) is 0.800. The molecule has 98 valence electrons. The van der Waals surface area contributed by atoms with Crippen molar-refractivity contribution in [1.82, 2.24) is 20.2 Å². The van der Waals surface area contributed by atoms with Crippen molar-refractivity contribution < 1.29 is 0 Å². The normalized spacial score (nSPS) is 24.4. The third-order valence-electron chi connectivity index (χ3n) is 3.94. The summed E-state index contributed by atoms with van der Waals surface area (Å²) >= 11 is 0. The van der Waals surface area contributed by atoms with Gasteiger partial charge in [0.25, 0.3) is 0 Å². The highest BCUT2D eigenvalue weighted by Gasteiger charge is 2.31. The molecule has 1 aromatic rings. The first-order valence-corrected chi connectivity index (χ1v) is 7.11. The molecule has 0 radical (unpaired) electrons. The third kappa shape index (κ3) is 3.27. The van der Waals surface area contributed by atoms with Gasteiger partial charge in [-0.3, -0.25) is 14.9 Å². The van der Waals surface area contributed by atoms with Crippen LogP contribution in [0.2, 0.25) is 0 Å². The zero-order valence-corrected chi connectivity index (χ0v) is 10.9. The average molecular weight is 246 g/mol. The molecule has 3 rings (SSSR count). The fourth-order valence-corrected chi connectivity index (χ4v) is 2.81. The Bertz CT molecular complexity index is 357. The molecule has 1 N–H and O–H groups in total. The Morgan fingerprint density at radius 1 is 1.28 bits per heavy atom. The van der Waals surface area contributed by atoms with Crippen LogP contribution in [0, 0.1) is 5.92 Å². The van der Waals surface area contributed by atoms with Gasteiger partial charge in [-0.05, 0) is 44.7 Å². The lowest BCUT2D eigenvalue weighted by atomic mass is 9.99. The van der Waals surface area contributed by atoms with Gasteiger partial charge in [0.15, 0.2) is 0 Å². The highest BCUT2D eigenvalue weighted by molar-refractivity contribution is 4.97. The minimum atomic E-state index is 0.800. The van der Waals surface area contributed by atoms with E-state index in [1.807, 2.05) is 6.20 Å². The second-order valence-electron chi connectivity index (χ2n) is 5.57. The van der Waals surface area contributed by atoms with Gasteiger partial charge in [-0.1, -0.05) is 0 Å². The van der Waals surface area contributed by atoms with Crippen LogP contribution in [0.1, 0.15) is 31.4 Å². The summed E-state index contributed by atoms with van der Waals surface area (Å²) < 4.78 is 0. The maximum absolute atomic E-state index is 4.40. The van der Waals surface area contributed by atoms with Gasteiger partial charge in [-0.2, -0.15) is 0 Å². The second kappa shape index (κ2) is 5.76. The summed E-state index contributed by atoms with van der Waals surface area (Å²) in [7, 11) is 0. The molecular weight excluding hydrogens is 224 g/mol. The molecule has 1 aliphatic heterocycles. The van der Waals surface area contributed by atoms with E-state index in [2.05, 4.69) is 20.2 Å². The van der Waals surface area contributed by atoms with E-state index in [1.54, 1.807) is 12.4 Å². The van der Waals surface area contributed by atoms with Crippen molar-refractivity contribution in [2.24, 2.45) is 5.92 Å². The molecule has 2 fully saturated rings. The first-order valence-electron chi connectivity index (χ1n) is 7.11. The van der Waals surface area contributed by atoms with Gasteiger partial charge in [0.05, 0.1) is 5.69 Å². The summed E-state index contributed by atoms with van der Waals surface area (Å²) in [5.74, 6) is 0.816. The smallest absolute Gasteiger partial charge is 0.0726 e. The third-order valence-corrected chi connectivity index (χ3v) is 3.94. The van der Waals surface area contributed by atoms with E-state index in [4.69, 9.17) is 0 Å². The van der Waals surface area contributed by atoms with Crippen LogP contribution in [-0.2, 0) is 6.54 Å². The molecule has 0 aromatic carbocycles. The predicted molar refractivity (Wildman–Crippen MR) is 71.1 cm³/mol. The largest absolute Gasteiger partial charge is 0.316 e. The molecule has 4 nitrogen and oxygen atoms in total. The van der Waals surface area contributed by atoms with Crippen molar-refractivity contribution in [3.8, 4) is 0 Å². The molecule has 1 saturated carbocycles. The van der Waals surface area contributed by atoms with Crippen molar-refractivity contribution in [2.75, 3.05) is 19.6 Å². The van der Waals surface area contributed by atoms with Gasteiger partial charge >= 0.3 is 0 Å². The van der Waals surface area contributed by atoms with Crippen LogP contribution in [0.15, 0.2) is 18.6 Å². The number of hydrogen-bond acceptors (Lipinski definition) is 4. The average Bonchev–Trinajstić information content (AvgIpc) is 3.25. The molecule has 1 unspecified atom stereocenters. The Morgan fingerprint density at radius 3 is 2.89 bits per heavy atom. The number of nitrogens with zero attached hydrogens (tertiary/aromatic N) is 3. The highest BCUT2D eigenvalue weighted by atomic mass is 15.2. The van der Waals surface area contributed by atoms with Crippen LogP contribution >= 0.6 is 0 Å². The monoisotopic (exact) mass is 246 g/mol. The molecule has 1 saturated heterocycles. The SMILES string of the molecule is c1cnc(CN(CC2CCCNC2)C2CC2)cn1. The van der Waals surface area contributed by atoms with Crippen LogP contribution in [0.5, 0.6) is 0 Å². The van der Waals surface area contributed by atoms with E-state index in [9.17, 15) is 0 Å². The van der Waals surface area contributed by atoms with Crippen molar-refractivity contribution in [3.05, 3.63) is 24.3 Å². The van der Waals surface area contributed by atoms with Crippen molar-refractivity contribution in [1.29, 1.82) is 0 Å². The molecule has 1 aliphatic carbocycles. The molecular formula is C14H22N4. The first kappa shape index (κ1) is 12.1. The Labute approximate surface area is 109 Å². The van der Waals surface area contributed by atoms with E-state index in [-0.39, 0.29) is 0 Å². The Kier molecular flexibility index (Phi) is 3.86. The number of hydrogen-bond donors (Lipinski definition) is 1. The van der Waals surface area contributed by atoms with Crippen molar-refractivity contribution >= 4 is 0 Å². The zero-order valence-electron chi connectivity index (χ0n) is 10.9. The summed E-state index contributed by atoms with van der Waals surface area (Å²) in [6.07, 6.45) is 10.9. The summed E-state index contributed by atoms with van der Waals surface area (Å²) in [5.41, 5.74) is 1.10. The summed E-state index contributed by atoms with van der Waals surface area (Å²) in [5, 5.41) is 3.51. The van der Waals surface area contributed by atoms with Crippen molar-refractivity contribution in [2.45, 2.75) is 38.3 Å².